The minimum atomic E-state index is 0.0318. The lowest BCUT2D eigenvalue weighted by molar-refractivity contribution is -0.128. The number of hydrogen-bond acceptors (Lipinski definition) is 2. The van der Waals surface area contributed by atoms with Crippen LogP contribution < -0.4 is 5.32 Å². The Morgan fingerprint density at radius 3 is 2.52 bits per heavy atom. The highest BCUT2D eigenvalue weighted by Crippen LogP contribution is 2.48. The molecule has 1 fully saturated rings. The molecule has 1 aliphatic rings. The first-order valence-corrected chi connectivity index (χ1v) is 9.09. The van der Waals surface area contributed by atoms with Crippen molar-refractivity contribution in [2.24, 2.45) is 5.92 Å². The molecule has 1 N–H and O–H groups in total. The van der Waals surface area contributed by atoms with Crippen LogP contribution in [0.4, 0.5) is 5.69 Å². The molecule has 0 aliphatic heterocycles. The third-order valence-corrected chi connectivity index (χ3v) is 4.97. The molecular formula is C20H21BrN2O2. The van der Waals surface area contributed by atoms with E-state index >= 15 is 0 Å². The molecular weight excluding hydrogens is 380 g/mol. The van der Waals surface area contributed by atoms with Crippen molar-refractivity contribution in [3.63, 3.8) is 0 Å². The first-order valence-electron chi connectivity index (χ1n) is 8.29. The van der Waals surface area contributed by atoms with Crippen LogP contribution in [0, 0.1) is 5.92 Å². The third-order valence-electron chi connectivity index (χ3n) is 4.48. The molecule has 0 saturated heterocycles. The Morgan fingerprint density at radius 2 is 1.88 bits per heavy atom. The fraction of sp³-hybridized carbons (Fsp3) is 0.300. The Kier molecular flexibility index (Phi) is 5.23. The molecule has 2 unspecified atom stereocenters. The van der Waals surface area contributed by atoms with E-state index in [0.29, 0.717) is 12.3 Å². The van der Waals surface area contributed by atoms with E-state index in [1.54, 1.807) is 19.0 Å². The minimum Gasteiger partial charge on any atom is -0.349 e. The second-order valence-electron chi connectivity index (χ2n) is 6.65. The van der Waals surface area contributed by atoms with E-state index < -0.39 is 0 Å². The maximum atomic E-state index is 12.4. The lowest BCUT2D eigenvalue weighted by Crippen LogP contribution is -2.23. The summed E-state index contributed by atoms with van der Waals surface area (Å²) in [6.07, 6.45) is 1.26. The monoisotopic (exact) mass is 400 g/mol. The molecule has 5 heteroatoms. The lowest BCUT2D eigenvalue weighted by Gasteiger charge is -2.10. The Hall–Kier alpha value is -2.14. The van der Waals surface area contributed by atoms with E-state index in [-0.39, 0.29) is 17.7 Å². The zero-order valence-corrected chi connectivity index (χ0v) is 15.9. The van der Waals surface area contributed by atoms with Crippen LogP contribution in [0.2, 0.25) is 0 Å². The van der Waals surface area contributed by atoms with Crippen LogP contribution in [-0.4, -0.2) is 30.8 Å². The number of anilines is 1. The third kappa shape index (κ3) is 4.48. The summed E-state index contributed by atoms with van der Waals surface area (Å²) in [6, 6.07) is 15.6. The van der Waals surface area contributed by atoms with Gasteiger partial charge in [-0.3, -0.25) is 9.59 Å². The molecule has 25 heavy (non-hydrogen) atoms. The molecule has 0 radical (unpaired) electrons. The molecule has 1 saturated carbocycles. The lowest BCUT2D eigenvalue weighted by atomic mass is 10.1. The molecule has 2 aromatic rings. The number of carbonyl (C=O) groups excluding carboxylic acids is 2. The fourth-order valence-corrected chi connectivity index (χ4v) is 3.28. The van der Waals surface area contributed by atoms with Crippen LogP contribution in [-0.2, 0) is 16.0 Å². The van der Waals surface area contributed by atoms with Crippen molar-refractivity contribution in [1.29, 1.82) is 0 Å². The SMILES string of the molecule is CN(C)C(=O)Cc1ccc(NC(=O)C2CC2c2cccc(Br)c2)cc1. The second kappa shape index (κ2) is 7.40. The van der Waals surface area contributed by atoms with E-state index in [0.717, 1.165) is 22.1 Å². The Labute approximate surface area is 156 Å². The highest BCUT2D eigenvalue weighted by atomic mass is 79.9. The van der Waals surface area contributed by atoms with Crippen LogP contribution >= 0.6 is 15.9 Å². The van der Waals surface area contributed by atoms with Gasteiger partial charge in [-0.15, -0.1) is 0 Å². The average molecular weight is 401 g/mol. The van der Waals surface area contributed by atoms with Crippen molar-refractivity contribution in [2.75, 3.05) is 19.4 Å². The zero-order chi connectivity index (χ0) is 18.0. The van der Waals surface area contributed by atoms with Crippen LogP contribution in [0.15, 0.2) is 53.0 Å². The highest BCUT2D eigenvalue weighted by molar-refractivity contribution is 9.10. The molecule has 4 nitrogen and oxygen atoms in total. The van der Waals surface area contributed by atoms with E-state index in [9.17, 15) is 9.59 Å². The van der Waals surface area contributed by atoms with Gasteiger partial charge in [0.25, 0.3) is 0 Å². The number of nitrogens with one attached hydrogen (secondary N) is 1. The number of rotatable bonds is 5. The fourth-order valence-electron chi connectivity index (χ4n) is 2.86. The van der Waals surface area contributed by atoms with E-state index in [4.69, 9.17) is 0 Å². The van der Waals surface area contributed by atoms with Crippen molar-refractivity contribution >= 4 is 33.4 Å². The van der Waals surface area contributed by atoms with Crippen molar-refractivity contribution in [2.45, 2.75) is 18.8 Å². The summed E-state index contributed by atoms with van der Waals surface area (Å²) in [5.41, 5.74) is 2.91. The Bertz CT molecular complexity index is 787. The van der Waals surface area contributed by atoms with Gasteiger partial charge in [-0.1, -0.05) is 40.2 Å². The van der Waals surface area contributed by atoms with E-state index in [2.05, 4.69) is 33.4 Å². The standard InChI is InChI=1S/C20H21BrN2O2/c1-23(2)19(24)10-13-6-8-16(9-7-13)22-20(25)18-12-17(18)14-4-3-5-15(21)11-14/h3-9,11,17-18H,10,12H2,1-2H3,(H,22,25). The van der Waals surface area contributed by atoms with Gasteiger partial charge < -0.3 is 10.2 Å². The van der Waals surface area contributed by atoms with Crippen LogP contribution in [0.3, 0.4) is 0 Å². The predicted molar refractivity (Wildman–Crippen MR) is 102 cm³/mol. The number of nitrogens with zero attached hydrogens (tertiary/aromatic N) is 1. The van der Waals surface area contributed by atoms with E-state index in [1.165, 1.54) is 5.56 Å². The minimum absolute atomic E-state index is 0.0318. The smallest absolute Gasteiger partial charge is 0.228 e. The van der Waals surface area contributed by atoms with Crippen LogP contribution in [0.1, 0.15) is 23.5 Å². The van der Waals surface area contributed by atoms with Gasteiger partial charge in [0.2, 0.25) is 11.8 Å². The van der Waals surface area contributed by atoms with Gasteiger partial charge >= 0.3 is 0 Å². The van der Waals surface area contributed by atoms with Crippen molar-refractivity contribution in [3.05, 3.63) is 64.1 Å². The summed E-state index contributed by atoms with van der Waals surface area (Å²) < 4.78 is 1.04. The molecule has 2 amide bonds. The first kappa shape index (κ1) is 17.7. The summed E-state index contributed by atoms with van der Waals surface area (Å²) in [5, 5.41) is 2.98. The van der Waals surface area contributed by atoms with Gasteiger partial charge in [-0.05, 0) is 47.7 Å². The molecule has 2 aromatic carbocycles. The molecule has 1 aliphatic carbocycles. The van der Waals surface area contributed by atoms with E-state index in [1.807, 2.05) is 36.4 Å². The van der Waals surface area contributed by atoms with Gasteiger partial charge in [0.1, 0.15) is 0 Å². The summed E-state index contributed by atoms with van der Waals surface area (Å²) in [5.74, 6) is 0.451. The van der Waals surface area contributed by atoms with Gasteiger partial charge in [0.05, 0.1) is 6.42 Å². The summed E-state index contributed by atoms with van der Waals surface area (Å²) in [6.45, 7) is 0. The van der Waals surface area contributed by atoms with Gasteiger partial charge in [-0.25, -0.2) is 0 Å². The summed E-state index contributed by atoms with van der Waals surface area (Å²) >= 11 is 3.47. The van der Waals surface area contributed by atoms with Crippen LogP contribution in [0.25, 0.3) is 0 Å². The molecule has 0 aromatic heterocycles. The van der Waals surface area contributed by atoms with Gasteiger partial charge in [0.15, 0.2) is 0 Å². The molecule has 3 rings (SSSR count). The molecule has 0 heterocycles. The number of benzene rings is 2. The second-order valence-corrected chi connectivity index (χ2v) is 7.57. The number of halogens is 1. The number of amides is 2. The van der Waals surface area contributed by atoms with Gasteiger partial charge in [0, 0.05) is 30.2 Å². The average Bonchev–Trinajstić information content (AvgIpc) is 3.37. The molecule has 0 spiro atoms. The quantitative estimate of drug-likeness (QED) is 0.828. The van der Waals surface area contributed by atoms with Crippen molar-refractivity contribution < 1.29 is 9.59 Å². The topological polar surface area (TPSA) is 49.4 Å². The molecule has 0 bridgehead atoms. The molecule has 130 valence electrons. The first-order chi connectivity index (χ1) is 11.9. The van der Waals surface area contributed by atoms with Crippen molar-refractivity contribution in [1.82, 2.24) is 4.90 Å². The summed E-state index contributed by atoms with van der Waals surface area (Å²) in [4.78, 5) is 25.7. The normalized spacial score (nSPS) is 18.5. The number of hydrogen-bond donors (Lipinski definition) is 1. The molecule has 2 atom stereocenters. The predicted octanol–water partition coefficient (Wildman–Crippen LogP) is 3.82. The Balaban J connectivity index is 1.56. The number of likely N-dealkylation sites (N-methyl/N-ethyl adjacent to an activating group) is 1. The van der Waals surface area contributed by atoms with Gasteiger partial charge in [-0.2, -0.15) is 0 Å². The maximum Gasteiger partial charge on any atom is 0.228 e. The number of carbonyl (C=O) groups is 2. The van der Waals surface area contributed by atoms with Crippen molar-refractivity contribution in [3.8, 4) is 0 Å². The Morgan fingerprint density at radius 1 is 1.16 bits per heavy atom. The largest absolute Gasteiger partial charge is 0.349 e. The maximum absolute atomic E-state index is 12.4. The highest BCUT2D eigenvalue weighted by Gasteiger charge is 2.43. The zero-order valence-electron chi connectivity index (χ0n) is 14.3. The van der Waals surface area contributed by atoms with Crippen LogP contribution in [0.5, 0.6) is 0 Å². The summed E-state index contributed by atoms with van der Waals surface area (Å²) in [7, 11) is 3.49.